The molecule has 1 N–H and O–H groups in total. The molecular weight excluding hydrogens is 228 g/mol. The Kier molecular flexibility index (Phi) is 3.84. The van der Waals surface area contributed by atoms with Crippen LogP contribution in [0, 0.1) is 11.8 Å². The highest BCUT2D eigenvalue weighted by Crippen LogP contribution is 2.26. The molecule has 1 aromatic rings. The summed E-state index contributed by atoms with van der Waals surface area (Å²) in [6, 6.07) is 5.19. The summed E-state index contributed by atoms with van der Waals surface area (Å²) in [6.45, 7) is 6.48. The zero-order chi connectivity index (χ0) is 13.1. The van der Waals surface area contributed by atoms with Gasteiger partial charge >= 0.3 is 5.97 Å². The normalized spacial score (nSPS) is 17.2. The molecule has 4 nitrogen and oxygen atoms in total. The first-order valence-electron chi connectivity index (χ1n) is 6.53. The van der Waals surface area contributed by atoms with Crippen molar-refractivity contribution in [1.29, 1.82) is 0 Å². The smallest absolute Gasteiger partial charge is 0.354 e. The van der Waals surface area contributed by atoms with Crippen LogP contribution in [-0.4, -0.2) is 29.1 Å². The van der Waals surface area contributed by atoms with Crippen LogP contribution in [0.4, 0.5) is 5.82 Å². The van der Waals surface area contributed by atoms with E-state index in [1.807, 2.05) is 6.07 Å². The predicted molar refractivity (Wildman–Crippen MR) is 71.0 cm³/mol. The van der Waals surface area contributed by atoms with Gasteiger partial charge in [0.15, 0.2) is 5.69 Å². The van der Waals surface area contributed by atoms with Gasteiger partial charge in [-0.25, -0.2) is 9.78 Å². The van der Waals surface area contributed by atoms with E-state index in [1.165, 1.54) is 6.07 Å². The molecule has 0 amide bonds. The maximum absolute atomic E-state index is 10.9. The molecule has 0 bridgehead atoms. The molecule has 0 atom stereocenters. The second-order valence-electron chi connectivity index (χ2n) is 5.25. The Bertz CT molecular complexity index is 424. The van der Waals surface area contributed by atoms with Crippen LogP contribution in [0.3, 0.4) is 0 Å². The van der Waals surface area contributed by atoms with E-state index in [-0.39, 0.29) is 5.69 Å². The van der Waals surface area contributed by atoms with E-state index in [9.17, 15) is 4.79 Å². The summed E-state index contributed by atoms with van der Waals surface area (Å²) >= 11 is 0. The number of aromatic carboxylic acids is 1. The third-order valence-electron chi connectivity index (χ3n) is 3.76. The number of hydrogen-bond acceptors (Lipinski definition) is 3. The number of carboxylic acids is 1. The third kappa shape index (κ3) is 2.81. The lowest BCUT2D eigenvalue weighted by molar-refractivity contribution is 0.0690. The fraction of sp³-hybridized carbons (Fsp3) is 0.571. The van der Waals surface area contributed by atoms with Crippen molar-refractivity contribution in [3.05, 3.63) is 23.9 Å². The summed E-state index contributed by atoms with van der Waals surface area (Å²) in [4.78, 5) is 17.3. The molecule has 1 saturated heterocycles. The topological polar surface area (TPSA) is 53.4 Å². The minimum Gasteiger partial charge on any atom is -0.477 e. The van der Waals surface area contributed by atoms with Gasteiger partial charge in [-0.15, -0.1) is 0 Å². The molecule has 2 rings (SSSR count). The molecule has 4 heteroatoms. The largest absolute Gasteiger partial charge is 0.477 e. The second-order valence-corrected chi connectivity index (χ2v) is 5.25. The molecule has 1 aromatic heterocycles. The van der Waals surface area contributed by atoms with E-state index in [2.05, 4.69) is 23.7 Å². The Morgan fingerprint density at radius 2 is 2.06 bits per heavy atom. The predicted octanol–water partition coefficient (Wildman–Crippen LogP) is 2.65. The second kappa shape index (κ2) is 5.38. The summed E-state index contributed by atoms with van der Waals surface area (Å²) < 4.78 is 0. The number of aromatic nitrogens is 1. The lowest BCUT2D eigenvalue weighted by Crippen LogP contribution is -2.35. The highest BCUT2D eigenvalue weighted by Gasteiger charge is 2.22. The lowest BCUT2D eigenvalue weighted by Gasteiger charge is -2.34. The maximum Gasteiger partial charge on any atom is 0.354 e. The molecule has 0 aliphatic carbocycles. The Morgan fingerprint density at radius 3 is 2.61 bits per heavy atom. The first-order valence-corrected chi connectivity index (χ1v) is 6.53. The Labute approximate surface area is 108 Å². The van der Waals surface area contributed by atoms with Crippen molar-refractivity contribution >= 4 is 11.8 Å². The Hall–Kier alpha value is -1.58. The fourth-order valence-electron chi connectivity index (χ4n) is 2.51. The monoisotopic (exact) mass is 248 g/mol. The van der Waals surface area contributed by atoms with E-state index in [4.69, 9.17) is 5.11 Å². The third-order valence-corrected chi connectivity index (χ3v) is 3.76. The van der Waals surface area contributed by atoms with Gasteiger partial charge in [0.2, 0.25) is 0 Å². The summed E-state index contributed by atoms with van der Waals surface area (Å²) in [5.41, 5.74) is 0.124. The minimum atomic E-state index is -0.964. The maximum atomic E-state index is 10.9. The molecule has 0 unspecified atom stereocenters. The average molecular weight is 248 g/mol. The van der Waals surface area contributed by atoms with Crippen LogP contribution in [-0.2, 0) is 0 Å². The minimum absolute atomic E-state index is 0.124. The van der Waals surface area contributed by atoms with Crippen LogP contribution >= 0.6 is 0 Å². The zero-order valence-electron chi connectivity index (χ0n) is 11.0. The van der Waals surface area contributed by atoms with E-state index in [0.717, 1.165) is 43.6 Å². The van der Waals surface area contributed by atoms with E-state index < -0.39 is 5.97 Å². The highest BCUT2D eigenvalue weighted by molar-refractivity contribution is 5.85. The van der Waals surface area contributed by atoms with Crippen molar-refractivity contribution in [3.8, 4) is 0 Å². The number of rotatable bonds is 3. The number of carbonyl (C=O) groups is 1. The van der Waals surface area contributed by atoms with Gasteiger partial charge in [-0.05, 0) is 36.8 Å². The van der Waals surface area contributed by atoms with E-state index in [0.29, 0.717) is 0 Å². The van der Waals surface area contributed by atoms with Crippen LogP contribution in [0.2, 0.25) is 0 Å². The average Bonchev–Trinajstić information content (AvgIpc) is 2.39. The van der Waals surface area contributed by atoms with Gasteiger partial charge in [0.05, 0.1) is 0 Å². The molecule has 1 fully saturated rings. The molecule has 1 aliphatic heterocycles. The fourth-order valence-corrected chi connectivity index (χ4v) is 2.51. The van der Waals surface area contributed by atoms with Gasteiger partial charge in [-0.1, -0.05) is 19.9 Å². The lowest BCUT2D eigenvalue weighted by atomic mass is 9.87. The Morgan fingerprint density at radius 1 is 1.39 bits per heavy atom. The molecule has 1 aliphatic rings. The number of carboxylic acid groups (broad SMARTS) is 1. The van der Waals surface area contributed by atoms with Gasteiger partial charge in [0.1, 0.15) is 5.82 Å². The van der Waals surface area contributed by atoms with Crippen LogP contribution in [0.5, 0.6) is 0 Å². The standard InChI is InChI=1S/C14H20N2O2/c1-10(2)11-6-8-16(9-7-11)13-5-3-4-12(15-13)14(17)18/h3-5,10-11H,6-9H2,1-2H3,(H,17,18). The molecule has 0 aromatic carbocycles. The molecular formula is C14H20N2O2. The van der Waals surface area contributed by atoms with Crippen molar-refractivity contribution in [2.75, 3.05) is 18.0 Å². The van der Waals surface area contributed by atoms with Gasteiger partial charge in [0.25, 0.3) is 0 Å². The van der Waals surface area contributed by atoms with E-state index >= 15 is 0 Å². The van der Waals surface area contributed by atoms with Gasteiger partial charge < -0.3 is 10.0 Å². The molecule has 98 valence electrons. The highest BCUT2D eigenvalue weighted by atomic mass is 16.4. The summed E-state index contributed by atoms with van der Waals surface area (Å²) in [6.07, 6.45) is 2.33. The molecule has 2 heterocycles. The quantitative estimate of drug-likeness (QED) is 0.893. The SMILES string of the molecule is CC(C)C1CCN(c2cccc(C(=O)O)n2)CC1. The number of anilines is 1. The number of nitrogens with zero attached hydrogens (tertiary/aromatic N) is 2. The molecule has 0 radical (unpaired) electrons. The Balaban J connectivity index is 2.05. The first kappa shape index (κ1) is 12.9. The van der Waals surface area contributed by atoms with Crippen molar-refractivity contribution < 1.29 is 9.90 Å². The van der Waals surface area contributed by atoms with Crippen LogP contribution in [0.1, 0.15) is 37.2 Å². The van der Waals surface area contributed by atoms with Crippen LogP contribution in [0.15, 0.2) is 18.2 Å². The summed E-state index contributed by atoms with van der Waals surface area (Å²) in [7, 11) is 0. The van der Waals surface area contributed by atoms with Gasteiger partial charge in [0, 0.05) is 13.1 Å². The molecule has 0 spiro atoms. The van der Waals surface area contributed by atoms with Crippen molar-refractivity contribution in [2.45, 2.75) is 26.7 Å². The number of pyridine rings is 1. The van der Waals surface area contributed by atoms with Gasteiger partial charge in [-0.2, -0.15) is 0 Å². The van der Waals surface area contributed by atoms with Crippen LogP contribution < -0.4 is 4.90 Å². The van der Waals surface area contributed by atoms with Gasteiger partial charge in [-0.3, -0.25) is 0 Å². The zero-order valence-corrected chi connectivity index (χ0v) is 11.0. The number of piperidine rings is 1. The number of hydrogen-bond donors (Lipinski definition) is 1. The summed E-state index contributed by atoms with van der Waals surface area (Å²) in [5, 5.41) is 8.94. The van der Waals surface area contributed by atoms with Crippen LogP contribution in [0.25, 0.3) is 0 Å². The van der Waals surface area contributed by atoms with E-state index in [1.54, 1.807) is 6.07 Å². The summed E-state index contributed by atoms with van der Waals surface area (Å²) in [5.74, 6) is 1.33. The van der Waals surface area contributed by atoms with Crippen molar-refractivity contribution in [2.24, 2.45) is 11.8 Å². The molecule has 0 saturated carbocycles. The first-order chi connectivity index (χ1) is 8.58. The molecule has 18 heavy (non-hydrogen) atoms. The van der Waals surface area contributed by atoms with Crippen molar-refractivity contribution in [1.82, 2.24) is 4.98 Å². The van der Waals surface area contributed by atoms with Crippen molar-refractivity contribution in [3.63, 3.8) is 0 Å².